The standard InChI is InChI=1S/C8H7NO6S2/c10-16(11,12)7-5-3-1-2-4-6(5)9-8(7)17(13,14)15/h1-4,9H,(H,10,11,12)(H,13,14,15). The number of hydrogen-bond acceptors (Lipinski definition) is 4. The third-order valence-electron chi connectivity index (χ3n) is 2.14. The minimum absolute atomic E-state index is 0.0115. The van der Waals surface area contributed by atoms with E-state index in [9.17, 15) is 16.8 Å². The van der Waals surface area contributed by atoms with Crippen LogP contribution in [0.3, 0.4) is 0 Å². The van der Waals surface area contributed by atoms with Crippen LogP contribution in [0.4, 0.5) is 0 Å². The van der Waals surface area contributed by atoms with Crippen LogP contribution in [0.15, 0.2) is 34.2 Å². The predicted octanol–water partition coefficient (Wildman–Crippen LogP) is 0.661. The number of rotatable bonds is 2. The fourth-order valence-electron chi connectivity index (χ4n) is 1.53. The minimum Gasteiger partial charge on any atom is -0.342 e. The molecule has 1 aromatic carbocycles. The van der Waals surface area contributed by atoms with E-state index in [0.29, 0.717) is 0 Å². The lowest BCUT2D eigenvalue weighted by Gasteiger charge is -1.97. The van der Waals surface area contributed by atoms with E-state index >= 15 is 0 Å². The van der Waals surface area contributed by atoms with Crippen molar-refractivity contribution in [3.8, 4) is 0 Å². The Morgan fingerprint density at radius 3 is 2.06 bits per heavy atom. The van der Waals surface area contributed by atoms with Crippen molar-refractivity contribution in [2.75, 3.05) is 0 Å². The van der Waals surface area contributed by atoms with Gasteiger partial charge < -0.3 is 4.98 Å². The van der Waals surface area contributed by atoms with Crippen LogP contribution in [0.1, 0.15) is 0 Å². The van der Waals surface area contributed by atoms with E-state index in [2.05, 4.69) is 4.98 Å². The van der Waals surface area contributed by atoms with Crippen LogP contribution in [0, 0.1) is 0 Å². The Morgan fingerprint density at radius 2 is 1.53 bits per heavy atom. The molecule has 1 aromatic heterocycles. The Morgan fingerprint density at radius 1 is 0.941 bits per heavy atom. The Balaban J connectivity index is 3.05. The Hall–Kier alpha value is -1.42. The summed E-state index contributed by atoms with van der Waals surface area (Å²) >= 11 is 0. The number of aromatic amines is 1. The fraction of sp³-hybridized carbons (Fsp3) is 0. The third kappa shape index (κ3) is 2.05. The van der Waals surface area contributed by atoms with Crippen LogP contribution >= 0.6 is 0 Å². The summed E-state index contributed by atoms with van der Waals surface area (Å²) in [5, 5.41) is -0.955. The van der Waals surface area contributed by atoms with Crippen LogP contribution in [-0.2, 0) is 20.2 Å². The van der Waals surface area contributed by atoms with Gasteiger partial charge in [-0.05, 0) is 6.07 Å². The molecule has 2 rings (SSSR count). The maximum atomic E-state index is 11.1. The van der Waals surface area contributed by atoms with Crippen molar-refractivity contribution in [1.82, 2.24) is 4.98 Å². The van der Waals surface area contributed by atoms with Gasteiger partial charge in [-0.3, -0.25) is 9.11 Å². The quantitative estimate of drug-likeness (QED) is 0.692. The van der Waals surface area contributed by atoms with E-state index < -0.39 is 30.2 Å². The van der Waals surface area contributed by atoms with Gasteiger partial charge in [0.1, 0.15) is 4.90 Å². The Kier molecular flexibility index (Phi) is 2.51. The zero-order chi connectivity index (χ0) is 12.8. The topological polar surface area (TPSA) is 125 Å². The number of H-pyrrole nitrogens is 1. The number of benzene rings is 1. The molecular formula is C8H7NO6S2. The summed E-state index contributed by atoms with van der Waals surface area (Å²) in [6.45, 7) is 0. The van der Waals surface area contributed by atoms with Gasteiger partial charge in [0.15, 0.2) is 5.03 Å². The molecule has 0 aliphatic carbocycles. The molecule has 92 valence electrons. The molecule has 0 bridgehead atoms. The minimum atomic E-state index is -4.77. The second-order valence-corrected chi connectivity index (χ2v) is 6.00. The first-order valence-electron chi connectivity index (χ1n) is 4.27. The number of hydrogen-bond donors (Lipinski definition) is 3. The van der Waals surface area contributed by atoms with Crippen molar-refractivity contribution >= 4 is 31.1 Å². The van der Waals surface area contributed by atoms with Gasteiger partial charge in [-0.2, -0.15) is 16.8 Å². The average molecular weight is 277 g/mol. The number of nitrogens with one attached hydrogen (secondary N) is 1. The van der Waals surface area contributed by atoms with E-state index in [1.807, 2.05) is 0 Å². The highest BCUT2D eigenvalue weighted by atomic mass is 32.2. The molecule has 0 saturated heterocycles. The molecule has 0 fully saturated rings. The van der Waals surface area contributed by atoms with Gasteiger partial charge in [-0.25, -0.2) is 0 Å². The van der Waals surface area contributed by atoms with E-state index in [1.54, 1.807) is 6.07 Å². The molecule has 0 aliphatic heterocycles. The molecule has 9 heteroatoms. The zero-order valence-electron chi connectivity index (χ0n) is 8.15. The summed E-state index contributed by atoms with van der Waals surface area (Å²) < 4.78 is 62.2. The lowest BCUT2D eigenvalue weighted by atomic mass is 10.2. The fourth-order valence-corrected chi connectivity index (χ4v) is 3.49. The predicted molar refractivity (Wildman–Crippen MR) is 57.9 cm³/mol. The maximum absolute atomic E-state index is 11.1. The molecule has 17 heavy (non-hydrogen) atoms. The molecule has 7 nitrogen and oxygen atoms in total. The molecule has 0 saturated carbocycles. The summed E-state index contributed by atoms with van der Waals surface area (Å²) in [5.41, 5.74) is 0.174. The number of fused-ring (bicyclic) bond motifs is 1. The van der Waals surface area contributed by atoms with Crippen LogP contribution in [0.5, 0.6) is 0 Å². The monoisotopic (exact) mass is 277 g/mol. The third-order valence-corrected chi connectivity index (χ3v) is 4.03. The Labute approximate surface area is 96.6 Å². The largest absolute Gasteiger partial charge is 0.342 e. The summed E-state index contributed by atoms with van der Waals surface area (Å²) in [5.74, 6) is 0. The first kappa shape index (κ1) is 12.0. The zero-order valence-corrected chi connectivity index (χ0v) is 9.79. The van der Waals surface area contributed by atoms with Gasteiger partial charge in [0.05, 0.1) is 0 Å². The van der Waals surface area contributed by atoms with E-state index in [0.717, 1.165) is 0 Å². The second kappa shape index (κ2) is 3.53. The summed E-state index contributed by atoms with van der Waals surface area (Å²) in [7, 11) is -9.54. The highest BCUT2D eigenvalue weighted by molar-refractivity contribution is 7.89. The lowest BCUT2D eigenvalue weighted by molar-refractivity contribution is 0.465. The van der Waals surface area contributed by atoms with Crippen LogP contribution in [0.2, 0.25) is 0 Å². The lowest BCUT2D eigenvalue weighted by Crippen LogP contribution is -2.07. The normalized spacial score (nSPS) is 13.1. The maximum Gasteiger partial charge on any atom is 0.311 e. The molecule has 0 spiro atoms. The van der Waals surface area contributed by atoms with Crippen LogP contribution in [0.25, 0.3) is 10.9 Å². The highest BCUT2D eigenvalue weighted by Gasteiger charge is 2.28. The molecule has 2 aromatic rings. The smallest absolute Gasteiger partial charge is 0.311 e. The van der Waals surface area contributed by atoms with Gasteiger partial charge in [0.2, 0.25) is 0 Å². The molecule has 0 unspecified atom stereocenters. The number of aromatic nitrogens is 1. The average Bonchev–Trinajstić information content (AvgIpc) is 2.54. The molecule has 0 aliphatic rings. The van der Waals surface area contributed by atoms with Crippen molar-refractivity contribution in [2.24, 2.45) is 0 Å². The van der Waals surface area contributed by atoms with Gasteiger partial charge in [0, 0.05) is 10.9 Å². The first-order valence-corrected chi connectivity index (χ1v) is 7.15. The molecule has 0 radical (unpaired) electrons. The van der Waals surface area contributed by atoms with Gasteiger partial charge >= 0.3 is 10.1 Å². The molecule has 0 atom stereocenters. The summed E-state index contributed by atoms with van der Waals surface area (Å²) in [4.78, 5) is 1.38. The van der Waals surface area contributed by atoms with Crippen molar-refractivity contribution < 1.29 is 25.9 Å². The second-order valence-electron chi connectivity index (χ2n) is 3.28. The molecule has 1 heterocycles. The van der Waals surface area contributed by atoms with Gasteiger partial charge in [-0.15, -0.1) is 0 Å². The number of para-hydroxylation sites is 1. The van der Waals surface area contributed by atoms with Crippen molar-refractivity contribution in [3.63, 3.8) is 0 Å². The van der Waals surface area contributed by atoms with Gasteiger partial charge in [0.25, 0.3) is 10.1 Å². The SMILES string of the molecule is O=S(=O)(O)c1[nH]c2ccccc2c1S(=O)(=O)O. The summed E-state index contributed by atoms with van der Waals surface area (Å²) in [6.07, 6.45) is 0. The van der Waals surface area contributed by atoms with E-state index in [4.69, 9.17) is 9.11 Å². The van der Waals surface area contributed by atoms with Crippen molar-refractivity contribution in [3.05, 3.63) is 24.3 Å². The van der Waals surface area contributed by atoms with Crippen molar-refractivity contribution in [1.29, 1.82) is 0 Å². The molecule has 3 N–H and O–H groups in total. The molecule has 0 amide bonds. The Bertz CT molecular complexity index is 787. The van der Waals surface area contributed by atoms with E-state index in [1.165, 1.54) is 18.2 Å². The van der Waals surface area contributed by atoms with Crippen LogP contribution in [-0.4, -0.2) is 30.9 Å². The van der Waals surface area contributed by atoms with E-state index in [-0.39, 0.29) is 10.9 Å². The van der Waals surface area contributed by atoms with Gasteiger partial charge in [-0.1, -0.05) is 18.2 Å². The summed E-state index contributed by atoms with van der Waals surface area (Å²) in [6, 6.07) is 5.74. The highest BCUT2D eigenvalue weighted by Crippen LogP contribution is 2.29. The van der Waals surface area contributed by atoms with Crippen LogP contribution < -0.4 is 0 Å². The van der Waals surface area contributed by atoms with Crippen molar-refractivity contribution in [2.45, 2.75) is 9.92 Å². The molecular weight excluding hydrogens is 270 g/mol. The first-order chi connectivity index (χ1) is 7.71.